The molecule has 19 heavy (non-hydrogen) atoms. The molecule has 0 amide bonds. The van der Waals surface area contributed by atoms with E-state index in [1.54, 1.807) is 0 Å². The van der Waals surface area contributed by atoms with Gasteiger partial charge in [-0.1, -0.05) is 12.1 Å². The van der Waals surface area contributed by atoms with Crippen LogP contribution in [0.5, 0.6) is 5.75 Å². The zero-order valence-corrected chi connectivity index (χ0v) is 12.1. The lowest BCUT2D eigenvalue weighted by Crippen LogP contribution is -2.42. The number of rotatable bonds is 5. The van der Waals surface area contributed by atoms with Gasteiger partial charge in [0.25, 0.3) is 0 Å². The summed E-state index contributed by atoms with van der Waals surface area (Å²) in [4.78, 5) is 2.27. The third-order valence-corrected chi connectivity index (χ3v) is 3.59. The molecule has 2 rings (SSSR count). The highest BCUT2D eigenvalue weighted by atomic mass is 16.5. The van der Waals surface area contributed by atoms with E-state index in [1.165, 1.54) is 5.56 Å². The predicted octanol–water partition coefficient (Wildman–Crippen LogP) is 1.68. The van der Waals surface area contributed by atoms with E-state index < -0.39 is 0 Å². The Balaban J connectivity index is 1.82. The van der Waals surface area contributed by atoms with Gasteiger partial charge in [0.2, 0.25) is 0 Å². The molecule has 1 N–H and O–H groups in total. The normalized spacial score (nSPS) is 22.2. The number of benzene rings is 1. The van der Waals surface area contributed by atoms with E-state index in [0.717, 1.165) is 25.4 Å². The predicted molar refractivity (Wildman–Crippen MR) is 76.6 cm³/mol. The fourth-order valence-electron chi connectivity index (χ4n) is 2.18. The third kappa shape index (κ3) is 4.20. The monoisotopic (exact) mass is 264 g/mol. The SMILES string of the molecule is CNC(C)c1ccc(OCC2CN(C)CCO2)cc1. The Labute approximate surface area is 115 Å². The van der Waals surface area contributed by atoms with E-state index in [2.05, 4.69) is 36.3 Å². The first-order chi connectivity index (χ1) is 9.19. The number of morpholine rings is 1. The Morgan fingerprint density at radius 3 is 2.79 bits per heavy atom. The highest BCUT2D eigenvalue weighted by Gasteiger charge is 2.18. The van der Waals surface area contributed by atoms with Gasteiger partial charge >= 0.3 is 0 Å². The van der Waals surface area contributed by atoms with Gasteiger partial charge in [-0.2, -0.15) is 0 Å². The van der Waals surface area contributed by atoms with Crippen LogP contribution in [-0.2, 0) is 4.74 Å². The molecule has 4 heteroatoms. The average molecular weight is 264 g/mol. The molecule has 0 spiro atoms. The molecule has 4 nitrogen and oxygen atoms in total. The molecule has 0 radical (unpaired) electrons. The van der Waals surface area contributed by atoms with Crippen LogP contribution < -0.4 is 10.1 Å². The largest absolute Gasteiger partial charge is 0.491 e. The zero-order chi connectivity index (χ0) is 13.7. The molecule has 106 valence electrons. The van der Waals surface area contributed by atoms with Gasteiger partial charge in [0, 0.05) is 19.1 Å². The fraction of sp³-hybridized carbons (Fsp3) is 0.600. The van der Waals surface area contributed by atoms with E-state index >= 15 is 0 Å². The van der Waals surface area contributed by atoms with Crippen LogP contribution >= 0.6 is 0 Å². The summed E-state index contributed by atoms with van der Waals surface area (Å²) < 4.78 is 11.5. The van der Waals surface area contributed by atoms with Crippen molar-refractivity contribution in [3.8, 4) is 5.75 Å². The van der Waals surface area contributed by atoms with Crippen LogP contribution in [0.4, 0.5) is 0 Å². The summed E-state index contributed by atoms with van der Waals surface area (Å²) in [5.74, 6) is 0.906. The molecule has 0 saturated carbocycles. The van der Waals surface area contributed by atoms with E-state index in [0.29, 0.717) is 12.6 Å². The number of ether oxygens (including phenoxy) is 2. The van der Waals surface area contributed by atoms with Gasteiger partial charge < -0.3 is 19.7 Å². The molecule has 1 aliphatic heterocycles. The summed E-state index contributed by atoms with van der Waals surface area (Å²) in [6.07, 6.45) is 0.176. The van der Waals surface area contributed by atoms with Crippen LogP contribution in [0.25, 0.3) is 0 Å². The van der Waals surface area contributed by atoms with Gasteiger partial charge in [-0.25, -0.2) is 0 Å². The van der Waals surface area contributed by atoms with Crippen LogP contribution in [0.2, 0.25) is 0 Å². The van der Waals surface area contributed by atoms with Crippen molar-refractivity contribution in [2.24, 2.45) is 0 Å². The second-order valence-corrected chi connectivity index (χ2v) is 5.15. The number of hydrogen-bond acceptors (Lipinski definition) is 4. The minimum atomic E-state index is 0.176. The standard InChI is InChI=1S/C15H24N2O2/c1-12(16-2)13-4-6-14(7-5-13)19-11-15-10-17(3)8-9-18-15/h4-7,12,15-16H,8-11H2,1-3H3. The molecule has 1 fully saturated rings. The van der Waals surface area contributed by atoms with Crippen molar-refractivity contribution < 1.29 is 9.47 Å². The lowest BCUT2D eigenvalue weighted by atomic mass is 10.1. The van der Waals surface area contributed by atoms with Gasteiger partial charge in [-0.05, 0) is 38.7 Å². The summed E-state index contributed by atoms with van der Waals surface area (Å²) >= 11 is 0. The summed E-state index contributed by atoms with van der Waals surface area (Å²) in [5, 5.41) is 3.22. The van der Waals surface area contributed by atoms with Crippen molar-refractivity contribution in [3.05, 3.63) is 29.8 Å². The van der Waals surface area contributed by atoms with Crippen molar-refractivity contribution in [1.29, 1.82) is 0 Å². The highest BCUT2D eigenvalue weighted by molar-refractivity contribution is 5.28. The molecule has 1 aromatic rings. The zero-order valence-electron chi connectivity index (χ0n) is 12.1. The van der Waals surface area contributed by atoms with Crippen molar-refractivity contribution in [3.63, 3.8) is 0 Å². The maximum Gasteiger partial charge on any atom is 0.119 e. The van der Waals surface area contributed by atoms with Crippen LogP contribution in [0.3, 0.4) is 0 Å². The molecule has 2 atom stereocenters. The summed E-state index contributed by atoms with van der Waals surface area (Å²) in [7, 11) is 4.08. The van der Waals surface area contributed by atoms with E-state index in [1.807, 2.05) is 19.2 Å². The smallest absolute Gasteiger partial charge is 0.119 e. The lowest BCUT2D eigenvalue weighted by molar-refractivity contribution is -0.0403. The second-order valence-electron chi connectivity index (χ2n) is 5.15. The highest BCUT2D eigenvalue weighted by Crippen LogP contribution is 2.17. The number of nitrogens with one attached hydrogen (secondary N) is 1. The maximum absolute atomic E-state index is 5.79. The summed E-state index contributed by atoms with van der Waals surface area (Å²) in [6.45, 7) is 5.50. The maximum atomic E-state index is 5.79. The van der Waals surface area contributed by atoms with Gasteiger partial charge in [0.1, 0.15) is 18.5 Å². The molecular weight excluding hydrogens is 240 g/mol. The van der Waals surface area contributed by atoms with E-state index in [-0.39, 0.29) is 6.10 Å². The fourth-order valence-corrected chi connectivity index (χ4v) is 2.18. The molecule has 0 aliphatic carbocycles. The first-order valence-electron chi connectivity index (χ1n) is 6.89. The Bertz CT molecular complexity index is 380. The molecule has 0 aromatic heterocycles. The number of likely N-dealkylation sites (N-methyl/N-ethyl adjacent to an activating group) is 1. The van der Waals surface area contributed by atoms with Gasteiger partial charge in [0.05, 0.1) is 6.61 Å². The Kier molecular flexibility index (Phi) is 5.19. The average Bonchev–Trinajstić information content (AvgIpc) is 2.45. The first kappa shape index (κ1) is 14.3. The van der Waals surface area contributed by atoms with Crippen LogP contribution in [0, 0.1) is 0 Å². The lowest BCUT2D eigenvalue weighted by Gasteiger charge is -2.29. The van der Waals surface area contributed by atoms with Gasteiger partial charge in [0.15, 0.2) is 0 Å². The van der Waals surface area contributed by atoms with Crippen molar-refractivity contribution in [2.45, 2.75) is 19.1 Å². The third-order valence-electron chi connectivity index (χ3n) is 3.59. The quantitative estimate of drug-likeness (QED) is 0.877. The van der Waals surface area contributed by atoms with Crippen LogP contribution in [0.15, 0.2) is 24.3 Å². The molecule has 1 heterocycles. The van der Waals surface area contributed by atoms with Crippen LogP contribution in [0.1, 0.15) is 18.5 Å². The van der Waals surface area contributed by atoms with Gasteiger partial charge in [-0.3, -0.25) is 0 Å². The topological polar surface area (TPSA) is 33.7 Å². The van der Waals surface area contributed by atoms with Crippen molar-refractivity contribution in [1.82, 2.24) is 10.2 Å². The van der Waals surface area contributed by atoms with Crippen molar-refractivity contribution >= 4 is 0 Å². The minimum Gasteiger partial charge on any atom is -0.491 e. The van der Waals surface area contributed by atoms with Crippen molar-refractivity contribution in [2.75, 3.05) is 40.4 Å². The van der Waals surface area contributed by atoms with E-state index in [9.17, 15) is 0 Å². The second kappa shape index (κ2) is 6.89. The summed E-state index contributed by atoms with van der Waals surface area (Å²) in [5.41, 5.74) is 1.27. The minimum absolute atomic E-state index is 0.176. The first-order valence-corrected chi connectivity index (χ1v) is 6.89. The Hall–Kier alpha value is -1.10. The Morgan fingerprint density at radius 2 is 2.16 bits per heavy atom. The molecule has 1 aromatic carbocycles. The van der Waals surface area contributed by atoms with E-state index in [4.69, 9.17) is 9.47 Å². The number of nitrogens with zero attached hydrogens (tertiary/aromatic N) is 1. The molecule has 0 bridgehead atoms. The molecule has 1 saturated heterocycles. The Morgan fingerprint density at radius 1 is 1.42 bits per heavy atom. The molecular formula is C15H24N2O2. The molecule has 1 aliphatic rings. The number of hydrogen-bond donors (Lipinski definition) is 1. The van der Waals surface area contributed by atoms with Gasteiger partial charge in [-0.15, -0.1) is 0 Å². The summed E-state index contributed by atoms with van der Waals surface area (Å²) in [6, 6.07) is 8.62. The van der Waals surface area contributed by atoms with Crippen LogP contribution in [-0.4, -0.2) is 51.4 Å². The molecule has 2 unspecified atom stereocenters.